The third-order valence-corrected chi connectivity index (χ3v) is 20.8. The Hall–Kier alpha value is -1.63. The minimum absolute atomic E-state index is 0.0339. The lowest BCUT2D eigenvalue weighted by Crippen LogP contribution is -2.68. The second kappa shape index (κ2) is 23.8. The van der Waals surface area contributed by atoms with Gasteiger partial charge in [0.05, 0.1) is 37.6 Å². The normalized spacial score (nSPS) is 51.1. The summed E-state index contributed by atoms with van der Waals surface area (Å²) in [5, 5.41) is 142. The zero-order chi connectivity index (χ0) is 57.4. The summed E-state index contributed by atoms with van der Waals surface area (Å²) in [5.74, 6) is -1.12. The molecule has 4 heterocycles. The second-order valence-corrected chi connectivity index (χ2v) is 25.9. The lowest BCUT2D eigenvalue weighted by Gasteiger charge is -2.71. The van der Waals surface area contributed by atoms with E-state index in [-0.39, 0.29) is 41.1 Å². The number of aliphatic hydroxyl groups excluding tert-OH is 13. The van der Waals surface area contributed by atoms with Crippen LogP contribution in [-0.2, 0) is 47.4 Å². The van der Waals surface area contributed by atoms with Crippen LogP contribution in [0.4, 0.5) is 0 Å². The largest absolute Gasteiger partial charge is 0.463 e. The Morgan fingerprint density at radius 1 is 0.615 bits per heavy atom. The van der Waals surface area contributed by atoms with Crippen molar-refractivity contribution >= 4 is 5.97 Å². The van der Waals surface area contributed by atoms with Gasteiger partial charge in [0.15, 0.2) is 25.2 Å². The lowest BCUT2D eigenvalue weighted by molar-refractivity contribution is -0.378. The number of aliphatic hydroxyl groups is 13. The summed E-state index contributed by atoms with van der Waals surface area (Å²) in [6, 6.07) is 0. The van der Waals surface area contributed by atoms with Gasteiger partial charge in [-0.05, 0) is 124 Å². The Morgan fingerprint density at radius 2 is 1.21 bits per heavy atom. The van der Waals surface area contributed by atoms with Gasteiger partial charge in [0.25, 0.3) is 0 Å². The first-order valence-electron chi connectivity index (χ1n) is 28.2. The molecule has 0 aromatic heterocycles. The van der Waals surface area contributed by atoms with Crippen LogP contribution >= 0.6 is 0 Å². The minimum Gasteiger partial charge on any atom is -0.463 e. The van der Waals surface area contributed by atoms with E-state index in [0.717, 1.165) is 31.8 Å². The Balaban J connectivity index is 1.01. The summed E-state index contributed by atoms with van der Waals surface area (Å²) in [7, 11) is 0. The molecule has 23 nitrogen and oxygen atoms in total. The van der Waals surface area contributed by atoms with E-state index < -0.39 is 171 Å². The molecule has 0 amide bonds. The molecule has 0 aromatic rings. The van der Waals surface area contributed by atoms with Gasteiger partial charge >= 0.3 is 5.97 Å². The molecule has 8 rings (SSSR count). The molecule has 23 heteroatoms. The van der Waals surface area contributed by atoms with Gasteiger partial charge in [-0.15, -0.1) is 0 Å². The molecule has 4 saturated carbocycles. The number of rotatable bonds is 16. The molecule has 29 atom stereocenters. The Kier molecular flexibility index (Phi) is 19.0. The monoisotopic (exact) mass is 1120 g/mol. The van der Waals surface area contributed by atoms with Crippen LogP contribution in [0.3, 0.4) is 0 Å². The smallest absolute Gasteiger partial charge is 0.302 e. The van der Waals surface area contributed by atoms with Crippen molar-refractivity contribution in [3.05, 3.63) is 11.6 Å². The van der Waals surface area contributed by atoms with Crippen LogP contribution in [0.25, 0.3) is 0 Å². The van der Waals surface area contributed by atoms with Gasteiger partial charge in [-0.2, -0.15) is 0 Å². The van der Waals surface area contributed by atoms with Crippen LogP contribution in [0, 0.1) is 45.3 Å². The number of carbonyl (C=O) groups excluding carboxylic acids is 1. The number of hydrogen-bond donors (Lipinski definition) is 13. The lowest BCUT2D eigenvalue weighted by atomic mass is 9.35. The topological polar surface area (TPSA) is 363 Å². The second-order valence-electron chi connectivity index (χ2n) is 25.9. The predicted octanol–water partition coefficient (Wildman–Crippen LogP) is -0.993. The number of allylic oxidation sites excluding steroid dienone is 2. The van der Waals surface area contributed by atoms with Gasteiger partial charge < -0.3 is 109 Å². The summed E-state index contributed by atoms with van der Waals surface area (Å²) in [5.41, 5.74) is -1.55. The zero-order valence-corrected chi connectivity index (χ0v) is 46.6. The fraction of sp³-hybridized carbons (Fsp3) is 0.945. The van der Waals surface area contributed by atoms with Crippen LogP contribution < -0.4 is 0 Å². The van der Waals surface area contributed by atoms with Crippen LogP contribution in [0.5, 0.6) is 0 Å². The first-order valence-corrected chi connectivity index (χ1v) is 28.2. The zero-order valence-electron chi connectivity index (χ0n) is 46.6. The molecule has 4 aliphatic heterocycles. The van der Waals surface area contributed by atoms with Crippen molar-refractivity contribution in [3.8, 4) is 0 Å². The SMILES string of the molecule is CC(=O)OC[C@H]1O[C@@H](O[C@H]2[C@H](O[C@H]3CC[C@]4(C)[C@H]5C[C@@H](O)[C@@H]6[C@@H]([C@](C)(CCC=C(C)C)O[C@@H]7O[C@H](CO[C@@H]8OC[C@H](O)[C@H](O)[C@H]8O)[C@@H](O)[C@H](O)[C@H]7O)CC[C@@]6(C)[C@]5(C)CC[C@H]4C3(C)C)O[C@H](CO)[C@@H](O)[C@@H]2O)[C@H](O)[C@@H](O)[C@@H]1O. The van der Waals surface area contributed by atoms with E-state index in [4.69, 9.17) is 42.6 Å². The third-order valence-electron chi connectivity index (χ3n) is 20.8. The molecule has 4 aliphatic carbocycles. The van der Waals surface area contributed by atoms with Crippen molar-refractivity contribution in [2.45, 2.75) is 255 Å². The van der Waals surface area contributed by atoms with Gasteiger partial charge in [0.1, 0.15) is 98.2 Å². The molecule has 13 N–H and O–H groups in total. The molecule has 0 unspecified atom stereocenters. The molecule has 0 spiro atoms. The van der Waals surface area contributed by atoms with Crippen molar-refractivity contribution in [2.75, 3.05) is 26.4 Å². The summed E-state index contributed by atoms with van der Waals surface area (Å²) in [4.78, 5) is 11.6. The maximum Gasteiger partial charge on any atom is 0.302 e. The van der Waals surface area contributed by atoms with Crippen molar-refractivity contribution in [1.82, 2.24) is 0 Å². The number of ether oxygens (including phenoxy) is 9. The quantitative estimate of drug-likeness (QED) is 0.0501. The van der Waals surface area contributed by atoms with Crippen LogP contribution in [-0.4, -0.2) is 233 Å². The van der Waals surface area contributed by atoms with Crippen molar-refractivity contribution < 1.29 is 114 Å². The van der Waals surface area contributed by atoms with Crippen molar-refractivity contribution in [2.24, 2.45) is 45.3 Å². The Labute approximate surface area is 456 Å². The van der Waals surface area contributed by atoms with E-state index in [0.29, 0.717) is 38.5 Å². The third kappa shape index (κ3) is 11.3. The van der Waals surface area contributed by atoms with E-state index in [9.17, 15) is 71.2 Å². The van der Waals surface area contributed by atoms with Crippen LogP contribution in [0.15, 0.2) is 11.6 Å². The van der Waals surface area contributed by atoms with Gasteiger partial charge in [-0.1, -0.05) is 46.3 Å². The highest BCUT2D eigenvalue weighted by molar-refractivity contribution is 5.65. The van der Waals surface area contributed by atoms with Crippen molar-refractivity contribution in [3.63, 3.8) is 0 Å². The molecule has 8 aliphatic rings. The number of carbonyl (C=O) groups is 1. The number of hydrogen-bond acceptors (Lipinski definition) is 23. The summed E-state index contributed by atoms with van der Waals surface area (Å²) < 4.78 is 54.1. The average molecular weight is 1120 g/mol. The molecule has 0 radical (unpaired) electrons. The van der Waals surface area contributed by atoms with Gasteiger partial charge in [0, 0.05) is 6.92 Å². The summed E-state index contributed by atoms with van der Waals surface area (Å²) >= 11 is 0. The van der Waals surface area contributed by atoms with E-state index in [1.54, 1.807) is 0 Å². The minimum atomic E-state index is -1.85. The molecule has 4 saturated heterocycles. The highest BCUT2D eigenvalue weighted by Gasteiger charge is 2.72. The van der Waals surface area contributed by atoms with Gasteiger partial charge in [0.2, 0.25) is 0 Å². The molecule has 0 bridgehead atoms. The van der Waals surface area contributed by atoms with Crippen LogP contribution in [0.2, 0.25) is 0 Å². The Bertz CT molecular complexity index is 2060. The highest BCUT2D eigenvalue weighted by Crippen LogP contribution is 2.76. The first-order chi connectivity index (χ1) is 36.4. The fourth-order valence-electron chi connectivity index (χ4n) is 16.2. The van der Waals surface area contributed by atoms with Crippen molar-refractivity contribution in [1.29, 1.82) is 0 Å². The molecule has 78 heavy (non-hydrogen) atoms. The standard InChI is InChI=1S/C55H92O23/c1-24(2)11-10-15-55(9,78-49-45(69)41(65)39(63)31(75-49)23-72-47-43(67)36(60)28(59)21-71-47)26-12-17-54(8)35(26)27(58)19-33-52(6)16-14-34(51(4,5)32(52)13-18-53(33,54)7)76-50-46(42(66)37(61)29(20-56)73-50)77-48-44(68)40(64)38(62)30(74-48)22-70-25(3)57/h11,26-50,56,58-69H,10,12-23H2,1-9H3/t26-,27+,28-,29+,30+,31+,32-,33+,34-,35-,36-,37+,38+,39+,40-,41-,42-,43+,44+,45+,46+,47-,48-,49-,50-,52-,53+,54+,55-/m0/s1. The van der Waals surface area contributed by atoms with Crippen LogP contribution in [0.1, 0.15) is 120 Å². The van der Waals surface area contributed by atoms with E-state index >= 15 is 0 Å². The molecule has 450 valence electrons. The maximum atomic E-state index is 12.9. The summed E-state index contributed by atoms with van der Waals surface area (Å²) in [6.07, 6.45) is -23.1. The Morgan fingerprint density at radius 3 is 1.85 bits per heavy atom. The van der Waals surface area contributed by atoms with E-state index in [1.807, 2.05) is 20.8 Å². The number of fused-ring (bicyclic) bond motifs is 5. The molecular weight excluding hydrogens is 1030 g/mol. The first kappa shape index (κ1) is 62.4. The van der Waals surface area contributed by atoms with E-state index in [2.05, 4.69) is 40.7 Å². The average Bonchev–Trinajstić information content (AvgIpc) is 3.04. The fourth-order valence-corrected chi connectivity index (χ4v) is 16.2. The maximum absolute atomic E-state index is 12.9. The van der Waals surface area contributed by atoms with Gasteiger partial charge in [-0.25, -0.2) is 0 Å². The van der Waals surface area contributed by atoms with E-state index in [1.165, 1.54) is 0 Å². The summed E-state index contributed by atoms with van der Waals surface area (Å²) in [6.45, 7) is 16.5. The molecule has 0 aromatic carbocycles. The van der Waals surface area contributed by atoms with Gasteiger partial charge in [-0.3, -0.25) is 4.79 Å². The predicted molar refractivity (Wildman–Crippen MR) is 270 cm³/mol. The molecular formula is C55H92O23. The number of esters is 1. The highest BCUT2D eigenvalue weighted by atomic mass is 16.8. The molecule has 8 fully saturated rings.